The zero-order chi connectivity index (χ0) is 19.3. The highest BCUT2D eigenvalue weighted by molar-refractivity contribution is 6.34. The average Bonchev–Trinajstić information content (AvgIpc) is 2.57. The molecule has 136 valence electrons. The molecule has 0 aliphatic carbocycles. The maximum Gasteiger partial charge on any atom is 0.269 e. The van der Waals surface area contributed by atoms with Gasteiger partial charge in [-0.15, -0.1) is 6.58 Å². The molecule has 1 N–H and O–H groups in total. The molecule has 2 rings (SSSR count). The van der Waals surface area contributed by atoms with Crippen LogP contribution in [-0.2, 0) is 11.2 Å². The van der Waals surface area contributed by atoms with Gasteiger partial charge in [-0.05, 0) is 43.5 Å². The van der Waals surface area contributed by atoms with Crippen molar-refractivity contribution in [2.45, 2.75) is 20.3 Å². The molecule has 26 heavy (non-hydrogen) atoms. The first kappa shape index (κ1) is 19.5. The topological polar surface area (TPSA) is 81.5 Å². The van der Waals surface area contributed by atoms with Gasteiger partial charge in [0, 0.05) is 17.7 Å². The number of nitrogens with zero attached hydrogens (tertiary/aromatic N) is 1. The van der Waals surface area contributed by atoms with E-state index in [1.807, 2.05) is 19.9 Å². The van der Waals surface area contributed by atoms with E-state index in [-0.39, 0.29) is 18.2 Å². The maximum atomic E-state index is 12.2. The van der Waals surface area contributed by atoms with Gasteiger partial charge < -0.3 is 10.1 Å². The zero-order valence-corrected chi connectivity index (χ0v) is 15.3. The molecule has 2 aromatic rings. The van der Waals surface area contributed by atoms with Gasteiger partial charge >= 0.3 is 0 Å². The number of ether oxygens (including phenoxy) is 1. The molecule has 7 heteroatoms. The highest BCUT2D eigenvalue weighted by Crippen LogP contribution is 2.28. The Hall–Kier alpha value is -2.86. The molecule has 0 unspecified atom stereocenters. The highest BCUT2D eigenvalue weighted by atomic mass is 35.5. The quantitative estimate of drug-likeness (QED) is 0.436. The third-order valence-corrected chi connectivity index (χ3v) is 3.97. The van der Waals surface area contributed by atoms with E-state index >= 15 is 0 Å². The number of nitro benzene ring substituents is 1. The summed E-state index contributed by atoms with van der Waals surface area (Å²) in [5.74, 6) is 0.0270. The molecule has 6 nitrogen and oxygen atoms in total. The molecular weight excluding hydrogens is 356 g/mol. The Morgan fingerprint density at radius 2 is 2.08 bits per heavy atom. The molecule has 0 fully saturated rings. The fourth-order valence-electron chi connectivity index (χ4n) is 2.53. The molecule has 0 heterocycles. The van der Waals surface area contributed by atoms with Gasteiger partial charge in [0.25, 0.3) is 11.6 Å². The van der Waals surface area contributed by atoms with Gasteiger partial charge in [-0.1, -0.05) is 23.7 Å². The smallest absolute Gasteiger partial charge is 0.269 e. The lowest BCUT2D eigenvalue weighted by molar-refractivity contribution is -0.384. The van der Waals surface area contributed by atoms with Gasteiger partial charge in [-0.25, -0.2) is 0 Å². The van der Waals surface area contributed by atoms with Gasteiger partial charge in [-0.2, -0.15) is 0 Å². The lowest BCUT2D eigenvalue weighted by atomic mass is 10.1. The second-order valence-corrected chi connectivity index (χ2v) is 6.22. The second kappa shape index (κ2) is 8.49. The largest absolute Gasteiger partial charge is 0.483 e. The van der Waals surface area contributed by atoms with Crippen LogP contribution < -0.4 is 10.1 Å². The third-order valence-electron chi connectivity index (χ3n) is 3.67. The van der Waals surface area contributed by atoms with Crippen molar-refractivity contribution in [3.63, 3.8) is 0 Å². The van der Waals surface area contributed by atoms with E-state index in [0.29, 0.717) is 28.4 Å². The van der Waals surface area contributed by atoms with Crippen molar-refractivity contribution in [2.24, 2.45) is 0 Å². The molecule has 2 aromatic carbocycles. The van der Waals surface area contributed by atoms with Gasteiger partial charge in [0.15, 0.2) is 6.61 Å². The summed E-state index contributed by atoms with van der Waals surface area (Å²) in [5.41, 5.74) is 2.95. The molecule has 0 radical (unpaired) electrons. The van der Waals surface area contributed by atoms with Gasteiger partial charge in [-0.3, -0.25) is 14.9 Å². The summed E-state index contributed by atoms with van der Waals surface area (Å²) in [4.78, 5) is 22.6. The number of amides is 1. The Kier molecular flexibility index (Phi) is 6.36. The zero-order valence-electron chi connectivity index (χ0n) is 14.5. The number of rotatable bonds is 7. The number of hydrogen-bond donors (Lipinski definition) is 1. The number of nitrogens with one attached hydrogen (secondary N) is 1. The lowest BCUT2D eigenvalue weighted by Gasteiger charge is -2.13. The predicted octanol–water partition coefficient (Wildman–Crippen LogP) is 4.61. The molecule has 0 saturated heterocycles. The summed E-state index contributed by atoms with van der Waals surface area (Å²) in [6.07, 6.45) is 2.00. The average molecular weight is 375 g/mol. The standard InChI is InChI=1S/C19H19ClN2O4/c1-4-5-14-10-15(22(24)25)6-7-17(14)26-11-18(23)21-19-13(3)8-12(2)9-16(19)20/h4,6-10H,1,5,11H2,2-3H3,(H,21,23). The first-order valence-electron chi connectivity index (χ1n) is 7.89. The van der Waals surface area contributed by atoms with Crippen molar-refractivity contribution >= 4 is 28.9 Å². The van der Waals surface area contributed by atoms with Gasteiger partial charge in [0.05, 0.1) is 15.6 Å². The molecule has 0 bridgehead atoms. The number of halogens is 1. The van der Waals surface area contributed by atoms with E-state index in [9.17, 15) is 14.9 Å². The summed E-state index contributed by atoms with van der Waals surface area (Å²) in [7, 11) is 0. The number of carbonyl (C=O) groups is 1. The number of anilines is 1. The number of nitro groups is 1. The maximum absolute atomic E-state index is 12.2. The van der Waals surface area contributed by atoms with E-state index < -0.39 is 4.92 Å². The monoisotopic (exact) mass is 374 g/mol. The van der Waals surface area contributed by atoms with Crippen LogP contribution in [0.2, 0.25) is 5.02 Å². The Balaban J connectivity index is 2.10. The number of carbonyl (C=O) groups excluding carboxylic acids is 1. The van der Waals surface area contributed by atoms with Crippen LogP contribution in [0.3, 0.4) is 0 Å². The van der Waals surface area contributed by atoms with E-state index in [1.165, 1.54) is 18.2 Å². The molecule has 0 spiro atoms. The summed E-state index contributed by atoms with van der Waals surface area (Å²) in [6, 6.07) is 7.91. The molecule has 0 saturated carbocycles. The molecule has 0 aromatic heterocycles. The van der Waals surface area contributed by atoms with Crippen LogP contribution >= 0.6 is 11.6 Å². The van der Waals surface area contributed by atoms with Crippen LogP contribution in [0.25, 0.3) is 0 Å². The van der Waals surface area contributed by atoms with Crippen LogP contribution in [0, 0.1) is 24.0 Å². The van der Waals surface area contributed by atoms with Crippen LogP contribution in [0.15, 0.2) is 43.0 Å². The van der Waals surface area contributed by atoms with Crippen LogP contribution in [0.1, 0.15) is 16.7 Å². The highest BCUT2D eigenvalue weighted by Gasteiger charge is 2.14. The van der Waals surface area contributed by atoms with Crippen molar-refractivity contribution in [3.05, 3.63) is 74.8 Å². The summed E-state index contributed by atoms with van der Waals surface area (Å²) in [6.45, 7) is 7.16. The van der Waals surface area contributed by atoms with Crippen molar-refractivity contribution in [1.82, 2.24) is 0 Å². The lowest BCUT2D eigenvalue weighted by Crippen LogP contribution is -2.21. The fraction of sp³-hybridized carbons (Fsp3) is 0.211. The van der Waals surface area contributed by atoms with E-state index in [4.69, 9.17) is 16.3 Å². The number of hydrogen-bond acceptors (Lipinski definition) is 4. The third kappa shape index (κ3) is 4.83. The van der Waals surface area contributed by atoms with Gasteiger partial charge in [0.2, 0.25) is 0 Å². The molecule has 0 aliphatic rings. The van der Waals surface area contributed by atoms with Crippen LogP contribution in [-0.4, -0.2) is 17.4 Å². The summed E-state index contributed by atoms with van der Waals surface area (Å²) >= 11 is 6.18. The van der Waals surface area contributed by atoms with Crippen molar-refractivity contribution in [2.75, 3.05) is 11.9 Å². The van der Waals surface area contributed by atoms with E-state index in [2.05, 4.69) is 11.9 Å². The number of non-ortho nitro benzene ring substituents is 1. The van der Waals surface area contributed by atoms with Crippen molar-refractivity contribution < 1.29 is 14.5 Å². The Labute approximate surface area is 156 Å². The second-order valence-electron chi connectivity index (χ2n) is 5.82. The summed E-state index contributed by atoms with van der Waals surface area (Å²) < 4.78 is 5.54. The number of benzene rings is 2. The minimum absolute atomic E-state index is 0.0410. The van der Waals surface area contributed by atoms with Gasteiger partial charge in [0.1, 0.15) is 5.75 Å². The fourth-order valence-corrected chi connectivity index (χ4v) is 2.90. The van der Waals surface area contributed by atoms with E-state index in [1.54, 1.807) is 12.1 Å². The Morgan fingerprint density at radius 1 is 1.35 bits per heavy atom. The predicted molar refractivity (Wildman–Crippen MR) is 102 cm³/mol. The molecule has 0 aliphatic heterocycles. The van der Waals surface area contributed by atoms with Crippen LogP contribution in [0.5, 0.6) is 5.75 Å². The Morgan fingerprint density at radius 3 is 2.69 bits per heavy atom. The van der Waals surface area contributed by atoms with E-state index in [0.717, 1.165) is 11.1 Å². The van der Waals surface area contributed by atoms with Crippen molar-refractivity contribution in [1.29, 1.82) is 0 Å². The Bertz CT molecular complexity index is 842. The number of aryl methyl sites for hydroxylation is 2. The first-order valence-corrected chi connectivity index (χ1v) is 8.27. The normalized spacial score (nSPS) is 10.3. The molecule has 0 atom stereocenters. The first-order chi connectivity index (χ1) is 12.3. The number of allylic oxidation sites excluding steroid dienone is 1. The van der Waals surface area contributed by atoms with Crippen molar-refractivity contribution in [3.8, 4) is 5.75 Å². The SMILES string of the molecule is C=CCc1cc([N+](=O)[O-])ccc1OCC(=O)Nc1c(C)cc(C)cc1Cl. The molecule has 1 amide bonds. The van der Waals surface area contributed by atoms with Crippen LogP contribution in [0.4, 0.5) is 11.4 Å². The minimum Gasteiger partial charge on any atom is -0.483 e. The summed E-state index contributed by atoms with van der Waals surface area (Å²) in [5, 5.41) is 14.1. The molecular formula is C19H19ClN2O4. The minimum atomic E-state index is -0.481.